The molecule has 0 bridgehead atoms. The molecule has 0 amide bonds. The number of fused-ring (bicyclic) bond motifs is 1. The Kier molecular flexibility index (Phi) is 2.36. The third-order valence-corrected chi connectivity index (χ3v) is 3.61. The first-order chi connectivity index (χ1) is 6.59. The van der Waals surface area contributed by atoms with E-state index in [0.717, 1.165) is 6.54 Å². The number of hydrogen-bond acceptors (Lipinski definition) is 1. The van der Waals surface area contributed by atoms with Gasteiger partial charge in [-0.1, -0.05) is 19.1 Å². The van der Waals surface area contributed by atoms with Crippen LogP contribution in [0.3, 0.4) is 0 Å². The Balaban J connectivity index is 2.50. The molecule has 1 aliphatic rings. The van der Waals surface area contributed by atoms with Gasteiger partial charge >= 0.3 is 0 Å². The van der Waals surface area contributed by atoms with E-state index in [2.05, 4.69) is 45.1 Å². The highest BCUT2D eigenvalue weighted by molar-refractivity contribution is 5.40. The molecule has 1 heteroatoms. The summed E-state index contributed by atoms with van der Waals surface area (Å²) < 4.78 is 0. The van der Waals surface area contributed by atoms with E-state index in [9.17, 15) is 0 Å². The van der Waals surface area contributed by atoms with Crippen molar-refractivity contribution >= 4 is 0 Å². The van der Waals surface area contributed by atoms with Crippen LogP contribution < -0.4 is 5.32 Å². The number of aryl methyl sites for hydroxylation is 2. The molecule has 0 saturated heterocycles. The highest BCUT2D eigenvalue weighted by atomic mass is 14.9. The highest BCUT2D eigenvalue weighted by Gasteiger charge is 2.22. The first-order valence-electron chi connectivity index (χ1n) is 5.43. The van der Waals surface area contributed by atoms with Crippen molar-refractivity contribution in [2.75, 3.05) is 0 Å². The molecule has 2 atom stereocenters. The molecule has 1 N–H and O–H groups in total. The van der Waals surface area contributed by atoms with Gasteiger partial charge in [0.1, 0.15) is 0 Å². The van der Waals surface area contributed by atoms with E-state index >= 15 is 0 Å². The summed E-state index contributed by atoms with van der Waals surface area (Å²) in [5.74, 6) is 0.637. The van der Waals surface area contributed by atoms with Crippen molar-refractivity contribution in [2.45, 2.75) is 46.2 Å². The number of hydrogen-bond donors (Lipinski definition) is 1. The van der Waals surface area contributed by atoms with Crippen molar-refractivity contribution in [2.24, 2.45) is 0 Å². The third kappa shape index (κ3) is 1.46. The van der Waals surface area contributed by atoms with Crippen LogP contribution in [0.15, 0.2) is 12.1 Å². The van der Waals surface area contributed by atoms with Gasteiger partial charge in [-0.05, 0) is 48.9 Å². The average Bonchev–Trinajstić information content (AvgIpc) is 2.15. The molecule has 0 aliphatic carbocycles. The first kappa shape index (κ1) is 9.72. The van der Waals surface area contributed by atoms with Gasteiger partial charge in [0.05, 0.1) is 0 Å². The van der Waals surface area contributed by atoms with Gasteiger partial charge in [0.25, 0.3) is 0 Å². The zero-order chi connectivity index (χ0) is 10.3. The average molecular weight is 189 g/mol. The maximum Gasteiger partial charge on any atom is 0.0211 e. The minimum atomic E-state index is 0.601. The molecule has 0 fully saturated rings. The Morgan fingerprint density at radius 1 is 1.14 bits per heavy atom. The van der Waals surface area contributed by atoms with Crippen molar-refractivity contribution in [3.05, 3.63) is 34.4 Å². The van der Waals surface area contributed by atoms with Gasteiger partial charge in [-0.2, -0.15) is 0 Å². The van der Waals surface area contributed by atoms with Gasteiger partial charge in [0.15, 0.2) is 0 Å². The van der Waals surface area contributed by atoms with Crippen molar-refractivity contribution < 1.29 is 0 Å². The summed E-state index contributed by atoms with van der Waals surface area (Å²) in [5, 5.41) is 3.53. The molecule has 2 unspecified atom stereocenters. The molecular weight excluding hydrogens is 170 g/mol. The summed E-state index contributed by atoms with van der Waals surface area (Å²) in [5.41, 5.74) is 5.86. The van der Waals surface area contributed by atoms with E-state index in [1.54, 1.807) is 5.56 Å². The quantitative estimate of drug-likeness (QED) is 0.661. The SMILES string of the molecule is Cc1cc2c(cc1C)C(C)C(C)NC2. The van der Waals surface area contributed by atoms with E-state index in [1.165, 1.54) is 16.7 Å². The minimum Gasteiger partial charge on any atom is -0.310 e. The highest BCUT2D eigenvalue weighted by Crippen LogP contribution is 2.29. The van der Waals surface area contributed by atoms with Crippen molar-refractivity contribution in [3.8, 4) is 0 Å². The largest absolute Gasteiger partial charge is 0.310 e. The Labute approximate surface area is 86.5 Å². The molecule has 0 aromatic heterocycles. The topological polar surface area (TPSA) is 12.0 Å². The fourth-order valence-electron chi connectivity index (χ4n) is 2.19. The maximum atomic E-state index is 3.53. The van der Waals surface area contributed by atoms with Crippen LogP contribution in [-0.2, 0) is 6.54 Å². The summed E-state index contributed by atoms with van der Waals surface area (Å²) in [4.78, 5) is 0. The molecule has 1 aliphatic heterocycles. The minimum absolute atomic E-state index is 0.601. The van der Waals surface area contributed by atoms with Crippen LogP contribution in [0.1, 0.15) is 42.0 Å². The van der Waals surface area contributed by atoms with Crippen LogP contribution in [0.4, 0.5) is 0 Å². The molecule has 1 aromatic carbocycles. The van der Waals surface area contributed by atoms with Crippen LogP contribution in [-0.4, -0.2) is 6.04 Å². The zero-order valence-electron chi connectivity index (χ0n) is 9.52. The second kappa shape index (κ2) is 3.39. The first-order valence-corrected chi connectivity index (χ1v) is 5.43. The Morgan fingerprint density at radius 2 is 1.79 bits per heavy atom. The van der Waals surface area contributed by atoms with Crippen LogP contribution >= 0.6 is 0 Å². The van der Waals surface area contributed by atoms with E-state index in [0.29, 0.717) is 12.0 Å². The fraction of sp³-hybridized carbons (Fsp3) is 0.538. The summed E-state index contributed by atoms with van der Waals surface area (Å²) in [6.45, 7) is 10.0. The van der Waals surface area contributed by atoms with Crippen molar-refractivity contribution in [3.63, 3.8) is 0 Å². The lowest BCUT2D eigenvalue weighted by Crippen LogP contribution is -2.35. The smallest absolute Gasteiger partial charge is 0.0211 e. The molecular formula is C13H19N. The molecule has 1 heterocycles. The van der Waals surface area contributed by atoms with Crippen molar-refractivity contribution in [1.82, 2.24) is 5.32 Å². The molecule has 14 heavy (non-hydrogen) atoms. The number of benzene rings is 1. The summed E-state index contributed by atoms with van der Waals surface area (Å²) in [7, 11) is 0. The Bertz CT molecular complexity index is 354. The molecule has 1 nitrogen and oxygen atoms in total. The van der Waals surface area contributed by atoms with E-state index < -0.39 is 0 Å². The van der Waals surface area contributed by atoms with Gasteiger partial charge in [-0.15, -0.1) is 0 Å². The van der Waals surface area contributed by atoms with Gasteiger partial charge in [0, 0.05) is 12.6 Å². The lowest BCUT2D eigenvalue weighted by molar-refractivity contribution is 0.448. The summed E-state index contributed by atoms with van der Waals surface area (Å²) in [6.07, 6.45) is 0. The predicted molar refractivity (Wildman–Crippen MR) is 60.6 cm³/mol. The number of nitrogens with one attached hydrogen (secondary N) is 1. The number of rotatable bonds is 0. The van der Waals surface area contributed by atoms with Crippen LogP contribution in [0.2, 0.25) is 0 Å². The lowest BCUT2D eigenvalue weighted by atomic mass is 9.85. The van der Waals surface area contributed by atoms with Crippen LogP contribution in [0.5, 0.6) is 0 Å². The van der Waals surface area contributed by atoms with Crippen LogP contribution in [0, 0.1) is 13.8 Å². The van der Waals surface area contributed by atoms with Gasteiger partial charge in [0.2, 0.25) is 0 Å². The Hall–Kier alpha value is -0.820. The Morgan fingerprint density at radius 3 is 2.50 bits per heavy atom. The second-order valence-corrected chi connectivity index (χ2v) is 4.59. The molecule has 0 saturated carbocycles. The molecule has 76 valence electrons. The second-order valence-electron chi connectivity index (χ2n) is 4.59. The maximum absolute atomic E-state index is 3.53. The normalized spacial score (nSPS) is 26.0. The molecule has 0 spiro atoms. The van der Waals surface area contributed by atoms with Crippen LogP contribution in [0.25, 0.3) is 0 Å². The van der Waals surface area contributed by atoms with Gasteiger partial charge in [-0.25, -0.2) is 0 Å². The van der Waals surface area contributed by atoms with E-state index in [1.807, 2.05) is 0 Å². The fourth-order valence-corrected chi connectivity index (χ4v) is 2.19. The predicted octanol–water partition coefficient (Wildman–Crippen LogP) is 2.90. The zero-order valence-corrected chi connectivity index (χ0v) is 9.52. The monoisotopic (exact) mass is 189 g/mol. The van der Waals surface area contributed by atoms with Crippen molar-refractivity contribution in [1.29, 1.82) is 0 Å². The summed E-state index contributed by atoms with van der Waals surface area (Å²) in [6, 6.07) is 5.30. The molecule has 2 rings (SSSR count). The standard InChI is InChI=1S/C13H19N/c1-8-5-12-7-14-11(4)10(3)13(12)6-9(8)2/h5-6,10-11,14H,7H2,1-4H3. The molecule has 1 aromatic rings. The van der Waals surface area contributed by atoms with Gasteiger partial charge < -0.3 is 5.32 Å². The third-order valence-electron chi connectivity index (χ3n) is 3.61. The van der Waals surface area contributed by atoms with E-state index in [-0.39, 0.29) is 0 Å². The lowest BCUT2D eigenvalue weighted by Gasteiger charge is -2.30. The summed E-state index contributed by atoms with van der Waals surface area (Å²) >= 11 is 0. The van der Waals surface area contributed by atoms with E-state index in [4.69, 9.17) is 0 Å². The molecule has 0 radical (unpaired) electrons. The van der Waals surface area contributed by atoms with Gasteiger partial charge in [-0.3, -0.25) is 0 Å².